The van der Waals surface area contributed by atoms with Crippen molar-refractivity contribution < 1.29 is 23.8 Å². The molecule has 6 heteroatoms. The normalized spacial score (nSPS) is 13.0. The van der Waals surface area contributed by atoms with E-state index in [2.05, 4.69) is 19.9 Å². The maximum absolute atomic E-state index is 12.5. The van der Waals surface area contributed by atoms with Crippen molar-refractivity contribution >= 4 is 11.9 Å². The van der Waals surface area contributed by atoms with Gasteiger partial charge in [0, 0.05) is 13.1 Å². The molecule has 0 atom stereocenters. The molecule has 2 aromatic rings. The number of rotatable bonds is 8. The minimum absolute atomic E-state index is 0.196. The lowest BCUT2D eigenvalue weighted by molar-refractivity contribution is -0.135. The number of ether oxygens (including phenoxy) is 3. The Morgan fingerprint density at radius 2 is 1.83 bits per heavy atom. The molecule has 0 N–H and O–H groups in total. The van der Waals surface area contributed by atoms with Gasteiger partial charge in [-0.25, -0.2) is 4.79 Å². The minimum Gasteiger partial charge on any atom is -0.493 e. The van der Waals surface area contributed by atoms with Gasteiger partial charge in [-0.2, -0.15) is 0 Å². The van der Waals surface area contributed by atoms with Gasteiger partial charge in [-0.3, -0.25) is 4.79 Å². The van der Waals surface area contributed by atoms with Crippen molar-refractivity contribution in [3.63, 3.8) is 0 Å². The highest BCUT2D eigenvalue weighted by Crippen LogP contribution is 2.29. The Hall–Kier alpha value is -3.02. The lowest BCUT2D eigenvalue weighted by atomic mass is 10.00. The highest BCUT2D eigenvalue weighted by molar-refractivity contribution is 5.92. The first-order valence-electron chi connectivity index (χ1n) is 10.3. The van der Waals surface area contributed by atoms with Crippen molar-refractivity contribution in [1.82, 2.24) is 4.90 Å². The molecule has 0 fully saturated rings. The van der Waals surface area contributed by atoms with Crippen LogP contribution in [0, 0.1) is 5.92 Å². The van der Waals surface area contributed by atoms with E-state index in [0.29, 0.717) is 42.7 Å². The van der Waals surface area contributed by atoms with E-state index < -0.39 is 5.97 Å². The van der Waals surface area contributed by atoms with Crippen LogP contribution in [0.4, 0.5) is 0 Å². The smallest absolute Gasteiger partial charge is 0.338 e. The van der Waals surface area contributed by atoms with Crippen LogP contribution in [0.2, 0.25) is 0 Å². The Kier molecular flexibility index (Phi) is 7.33. The Bertz CT molecular complexity index is 893. The van der Waals surface area contributed by atoms with Crippen molar-refractivity contribution in [1.29, 1.82) is 0 Å². The van der Waals surface area contributed by atoms with Gasteiger partial charge in [-0.05, 0) is 48.1 Å². The average molecular weight is 411 g/mol. The number of hydrogen-bond donors (Lipinski definition) is 0. The molecule has 0 unspecified atom stereocenters. The number of fused-ring (bicyclic) bond motifs is 1. The molecule has 1 heterocycles. The highest BCUT2D eigenvalue weighted by atomic mass is 16.5. The van der Waals surface area contributed by atoms with Crippen LogP contribution in [0.3, 0.4) is 0 Å². The van der Waals surface area contributed by atoms with E-state index in [0.717, 1.165) is 18.4 Å². The Morgan fingerprint density at radius 1 is 1.07 bits per heavy atom. The predicted molar refractivity (Wildman–Crippen MR) is 114 cm³/mol. The molecule has 3 rings (SSSR count). The van der Waals surface area contributed by atoms with Gasteiger partial charge in [0.1, 0.15) is 0 Å². The zero-order chi connectivity index (χ0) is 21.5. The number of nitrogens with zero attached hydrogens (tertiary/aromatic N) is 1. The lowest BCUT2D eigenvalue weighted by Gasteiger charge is -2.28. The third-order valence-corrected chi connectivity index (χ3v) is 5.16. The molecule has 0 bridgehead atoms. The first kappa shape index (κ1) is 21.7. The molecule has 160 valence electrons. The molecule has 30 heavy (non-hydrogen) atoms. The number of benzene rings is 2. The first-order chi connectivity index (χ1) is 14.5. The maximum Gasteiger partial charge on any atom is 0.338 e. The summed E-state index contributed by atoms with van der Waals surface area (Å²) in [7, 11) is 1.53. The van der Waals surface area contributed by atoms with Gasteiger partial charge in [-0.1, -0.05) is 38.1 Å². The van der Waals surface area contributed by atoms with E-state index in [1.807, 2.05) is 18.2 Å². The summed E-state index contributed by atoms with van der Waals surface area (Å²) in [5.41, 5.74) is 2.72. The van der Waals surface area contributed by atoms with Gasteiger partial charge in [0.2, 0.25) is 0 Å². The van der Waals surface area contributed by atoms with Crippen molar-refractivity contribution in [3.8, 4) is 11.5 Å². The second kappa shape index (κ2) is 10.1. The molecule has 0 saturated heterocycles. The molecule has 0 spiro atoms. The molecule has 0 aromatic heterocycles. The maximum atomic E-state index is 12.5. The fourth-order valence-electron chi connectivity index (χ4n) is 3.33. The summed E-state index contributed by atoms with van der Waals surface area (Å²) in [6, 6.07) is 13.0. The number of hydrogen-bond acceptors (Lipinski definition) is 5. The third kappa shape index (κ3) is 5.53. The van der Waals surface area contributed by atoms with E-state index in [9.17, 15) is 9.59 Å². The minimum atomic E-state index is -0.562. The quantitative estimate of drug-likeness (QED) is 0.617. The van der Waals surface area contributed by atoms with Gasteiger partial charge in [0.15, 0.2) is 18.1 Å². The fraction of sp³-hybridized carbons (Fsp3) is 0.417. The third-order valence-electron chi connectivity index (χ3n) is 5.16. The summed E-state index contributed by atoms with van der Waals surface area (Å²) < 4.78 is 16.3. The van der Waals surface area contributed by atoms with E-state index in [1.54, 1.807) is 23.1 Å². The van der Waals surface area contributed by atoms with Crippen molar-refractivity contribution in [3.05, 3.63) is 59.2 Å². The van der Waals surface area contributed by atoms with Crippen molar-refractivity contribution in [2.45, 2.75) is 33.2 Å². The molecule has 0 radical (unpaired) electrons. The van der Waals surface area contributed by atoms with Crippen LogP contribution in [-0.4, -0.2) is 43.6 Å². The van der Waals surface area contributed by atoms with Crippen LogP contribution in [0.1, 0.15) is 41.8 Å². The predicted octanol–water partition coefficient (Wildman–Crippen LogP) is 3.86. The zero-order valence-corrected chi connectivity index (χ0v) is 17.8. The summed E-state index contributed by atoms with van der Waals surface area (Å²) in [4.78, 5) is 26.6. The molecular formula is C24H29NO5. The molecular weight excluding hydrogens is 382 g/mol. The van der Waals surface area contributed by atoms with Crippen LogP contribution in [0.5, 0.6) is 11.5 Å². The fourth-order valence-corrected chi connectivity index (χ4v) is 3.33. The summed E-state index contributed by atoms with van der Waals surface area (Å²) >= 11 is 0. The Balaban J connectivity index is 1.55. The molecule has 0 saturated carbocycles. The van der Waals surface area contributed by atoms with Crippen LogP contribution >= 0.6 is 0 Å². The van der Waals surface area contributed by atoms with Gasteiger partial charge in [-0.15, -0.1) is 0 Å². The van der Waals surface area contributed by atoms with E-state index in [-0.39, 0.29) is 12.5 Å². The monoisotopic (exact) mass is 411 g/mol. The number of methoxy groups -OCH3 is 1. The number of amides is 1. The van der Waals surface area contributed by atoms with Gasteiger partial charge in [0.25, 0.3) is 5.91 Å². The SMILES string of the molecule is COc1cc(C(=O)OCC(=O)N2CCc3ccccc3C2)ccc1OCCC(C)C. The average Bonchev–Trinajstić information content (AvgIpc) is 2.76. The summed E-state index contributed by atoms with van der Waals surface area (Å²) in [6.45, 7) is 5.72. The molecule has 2 aromatic carbocycles. The molecule has 1 aliphatic heterocycles. The summed E-state index contributed by atoms with van der Waals surface area (Å²) in [5, 5.41) is 0. The molecule has 1 aliphatic rings. The van der Waals surface area contributed by atoms with E-state index >= 15 is 0 Å². The summed E-state index contributed by atoms with van der Waals surface area (Å²) in [5.74, 6) is 0.826. The van der Waals surface area contributed by atoms with Crippen LogP contribution < -0.4 is 9.47 Å². The second-order valence-corrected chi connectivity index (χ2v) is 7.81. The lowest BCUT2D eigenvalue weighted by Crippen LogP contribution is -2.38. The first-order valence-corrected chi connectivity index (χ1v) is 10.3. The number of esters is 1. The molecule has 6 nitrogen and oxygen atoms in total. The van der Waals surface area contributed by atoms with Crippen molar-refractivity contribution in [2.24, 2.45) is 5.92 Å². The van der Waals surface area contributed by atoms with Gasteiger partial charge < -0.3 is 19.1 Å². The Morgan fingerprint density at radius 3 is 2.57 bits per heavy atom. The standard InChI is InChI=1S/C24H29NO5/c1-17(2)11-13-29-21-9-8-19(14-22(21)28-3)24(27)30-16-23(26)25-12-10-18-6-4-5-7-20(18)15-25/h4-9,14,17H,10-13,15-16H2,1-3H3. The van der Waals surface area contributed by atoms with Crippen LogP contribution in [0.15, 0.2) is 42.5 Å². The Labute approximate surface area is 177 Å². The van der Waals surface area contributed by atoms with Crippen molar-refractivity contribution in [2.75, 3.05) is 26.9 Å². The second-order valence-electron chi connectivity index (χ2n) is 7.81. The van der Waals surface area contributed by atoms with E-state index in [1.165, 1.54) is 12.7 Å². The molecule has 0 aliphatic carbocycles. The van der Waals surface area contributed by atoms with Gasteiger partial charge in [0.05, 0.1) is 19.3 Å². The van der Waals surface area contributed by atoms with Gasteiger partial charge >= 0.3 is 5.97 Å². The largest absolute Gasteiger partial charge is 0.493 e. The topological polar surface area (TPSA) is 65.1 Å². The molecule has 1 amide bonds. The highest BCUT2D eigenvalue weighted by Gasteiger charge is 2.22. The zero-order valence-electron chi connectivity index (χ0n) is 17.8. The van der Waals surface area contributed by atoms with Crippen LogP contribution in [-0.2, 0) is 22.5 Å². The number of carbonyl (C=O) groups excluding carboxylic acids is 2. The van der Waals surface area contributed by atoms with Crippen LogP contribution in [0.25, 0.3) is 0 Å². The number of carbonyl (C=O) groups is 2. The summed E-state index contributed by atoms with van der Waals surface area (Å²) in [6.07, 6.45) is 1.74. The van der Waals surface area contributed by atoms with E-state index in [4.69, 9.17) is 14.2 Å².